The molecule has 0 aromatic carbocycles. The van der Waals surface area contributed by atoms with Gasteiger partial charge in [0.05, 0.1) is 38.6 Å². The highest BCUT2D eigenvalue weighted by Crippen LogP contribution is 2.17. The Morgan fingerprint density at radius 3 is 2.62 bits per heavy atom. The highest BCUT2D eigenvalue weighted by Gasteiger charge is 2.23. The molecule has 2 aliphatic heterocycles. The standard InChI is InChI=1S/C18H35N3O4.HI/c1-19-18(20-8-12-23-14-13-22-2)21-9-6-16(7-10-21)25-15-17-5-3-4-11-24-17;/h16-17H,3-15H2,1-2H3,(H,19,20);1H. The Labute approximate surface area is 175 Å². The lowest BCUT2D eigenvalue weighted by Crippen LogP contribution is -2.48. The van der Waals surface area contributed by atoms with Gasteiger partial charge in [-0.3, -0.25) is 4.99 Å². The van der Waals surface area contributed by atoms with Crippen molar-refractivity contribution in [3.63, 3.8) is 0 Å². The fraction of sp³-hybridized carbons (Fsp3) is 0.944. The number of nitrogens with zero attached hydrogens (tertiary/aromatic N) is 2. The molecule has 1 atom stereocenters. The third-order valence-corrected chi connectivity index (χ3v) is 4.71. The Morgan fingerprint density at radius 1 is 1.15 bits per heavy atom. The number of hydrogen-bond acceptors (Lipinski definition) is 5. The lowest BCUT2D eigenvalue weighted by atomic mass is 10.1. The van der Waals surface area contributed by atoms with E-state index < -0.39 is 0 Å². The summed E-state index contributed by atoms with van der Waals surface area (Å²) in [5, 5.41) is 3.36. The largest absolute Gasteiger partial charge is 0.382 e. The van der Waals surface area contributed by atoms with Crippen LogP contribution in [0.25, 0.3) is 0 Å². The molecule has 1 N–H and O–H groups in total. The second-order valence-electron chi connectivity index (χ2n) is 6.59. The van der Waals surface area contributed by atoms with E-state index in [2.05, 4.69) is 15.2 Å². The first-order valence-electron chi connectivity index (χ1n) is 9.59. The van der Waals surface area contributed by atoms with Crippen LogP contribution >= 0.6 is 24.0 Å². The molecule has 1 unspecified atom stereocenters. The molecular formula is C18H36IN3O4. The van der Waals surface area contributed by atoms with Crippen LogP contribution in [-0.2, 0) is 18.9 Å². The van der Waals surface area contributed by atoms with Crippen LogP contribution in [-0.4, -0.2) is 89.9 Å². The number of ether oxygens (including phenoxy) is 4. The molecule has 0 amide bonds. The quantitative estimate of drug-likeness (QED) is 0.233. The van der Waals surface area contributed by atoms with Gasteiger partial charge in [0.1, 0.15) is 0 Å². The van der Waals surface area contributed by atoms with Gasteiger partial charge in [0, 0.05) is 40.4 Å². The van der Waals surface area contributed by atoms with Gasteiger partial charge in [0.2, 0.25) is 0 Å². The molecule has 8 heteroatoms. The molecule has 0 aromatic rings. The monoisotopic (exact) mass is 485 g/mol. The van der Waals surface area contributed by atoms with Gasteiger partial charge >= 0.3 is 0 Å². The van der Waals surface area contributed by atoms with Crippen LogP contribution in [0.4, 0.5) is 0 Å². The van der Waals surface area contributed by atoms with Crippen molar-refractivity contribution in [3.8, 4) is 0 Å². The molecular weight excluding hydrogens is 449 g/mol. The Kier molecular flexibility index (Phi) is 13.6. The Balaban J connectivity index is 0.00000338. The van der Waals surface area contributed by atoms with Gasteiger partial charge in [-0.05, 0) is 32.1 Å². The van der Waals surface area contributed by atoms with Gasteiger partial charge in [-0.15, -0.1) is 24.0 Å². The summed E-state index contributed by atoms with van der Waals surface area (Å²) >= 11 is 0. The highest BCUT2D eigenvalue weighted by molar-refractivity contribution is 14.0. The molecule has 0 spiro atoms. The van der Waals surface area contributed by atoms with Crippen molar-refractivity contribution in [1.29, 1.82) is 0 Å². The molecule has 7 nitrogen and oxygen atoms in total. The van der Waals surface area contributed by atoms with Crippen molar-refractivity contribution in [1.82, 2.24) is 10.2 Å². The number of piperidine rings is 1. The van der Waals surface area contributed by atoms with Crippen LogP contribution in [0.2, 0.25) is 0 Å². The summed E-state index contributed by atoms with van der Waals surface area (Å²) in [5.74, 6) is 0.949. The second-order valence-corrected chi connectivity index (χ2v) is 6.59. The molecule has 26 heavy (non-hydrogen) atoms. The molecule has 2 saturated heterocycles. The molecule has 2 rings (SSSR count). The summed E-state index contributed by atoms with van der Waals surface area (Å²) in [6.45, 7) is 6.26. The SMILES string of the molecule is CN=C(NCCOCCOC)N1CCC(OCC2CCCCO2)CC1.I. The minimum absolute atomic E-state index is 0. The van der Waals surface area contributed by atoms with Crippen molar-refractivity contribution < 1.29 is 18.9 Å². The van der Waals surface area contributed by atoms with Crippen LogP contribution in [0, 0.1) is 0 Å². The molecule has 2 heterocycles. The lowest BCUT2D eigenvalue weighted by Gasteiger charge is -2.35. The van der Waals surface area contributed by atoms with Gasteiger partial charge in [-0.2, -0.15) is 0 Å². The van der Waals surface area contributed by atoms with Crippen LogP contribution < -0.4 is 5.32 Å². The Morgan fingerprint density at radius 2 is 1.96 bits per heavy atom. The first-order chi connectivity index (χ1) is 12.3. The van der Waals surface area contributed by atoms with Crippen molar-refractivity contribution in [3.05, 3.63) is 0 Å². The molecule has 154 valence electrons. The number of nitrogens with one attached hydrogen (secondary N) is 1. The summed E-state index contributed by atoms with van der Waals surface area (Å²) in [6, 6.07) is 0. The number of guanidine groups is 1. The number of likely N-dealkylation sites (tertiary alicyclic amines) is 1. The van der Waals surface area contributed by atoms with Gasteiger partial charge < -0.3 is 29.2 Å². The molecule has 0 radical (unpaired) electrons. The number of halogens is 1. The first-order valence-corrected chi connectivity index (χ1v) is 9.59. The number of rotatable bonds is 9. The number of methoxy groups -OCH3 is 1. The number of hydrogen-bond donors (Lipinski definition) is 1. The van der Waals surface area contributed by atoms with E-state index in [1.807, 2.05) is 7.05 Å². The smallest absolute Gasteiger partial charge is 0.193 e. The average molecular weight is 485 g/mol. The number of aliphatic imine (C=N–C) groups is 1. The van der Waals surface area contributed by atoms with Crippen LogP contribution in [0.3, 0.4) is 0 Å². The van der Waals surface area contributed by atoms with Crippen molar-refractivity contribution >= 4 is 29.9 Å². The minimum Gasteiger partial charge on any atom is -0.382 e. The van der Waals surface area contributed by atoms with E-state index in [9.17, 15) is 0 Å². The van der Waals surface area contributed by atoms with E-state index in [0.29, 0.717) is 32.0 Å². The van der Waals surface area contributed by atoms with Gasteiger partial charge in [-0.25, -0.2) is 0 Å². The molecule has 0 saturated carbocycles. The minimum atomic E-state index is 0. The molecule has 0 bridgehead atoms. The van der Waals surface area contributed by atoms with E-state index in [0.717, 1.165) is 58.1 Å². The Hall–Kier alpha value is -0.160. The summed E-state index contributed by atoms with van der Waals surface area (Å²) in [7, 11) is 3.51. The second kappa shape index (κ2) is 14.8. The zero-order valence-corrected chi connectivity index (χ0v) is 18.6. The highest BCUT2D eigenvalue weighted by atomic mass is 127. The molecule has 0 aromatic heterocycles. The fourth-order valence-electron chi connectivity index (χ4n) is 3.23. The molecule has 2 aliphatic rings. The van der Waals surface area contributed by atoms with Crippen LogP contribution in [0.5, 0.6) is 0 Å². The van der Waals surface area contributed by atoms with E-state index >= 15 is 0 Å². The Bertz CT molecular complexity index is 373. The normalized spacial score (nSPS) is 22.2. The summed E-state index contributed by atoms with van der Waals surface area (Å²) < 4.78 is 22.2. The maximum atomic E-state index is 6.08. The van der Waals surface area contributed by atoms with Crippen LogP contribution in [0.1, 0.15) is 32.1 Å². The van der Waals surface area contributed by atoms with Crippen molar-refractivity contribution in [2.45, 2.75) is 44.3 Å². The maximum absolute atomic E-state index is 6.08. The van der Waals surface area contributed by atoms with Crippen molar-refractivity contribution in [2.24, 2.45) is 4.99 Å². The zero-order valence-electron chi connectivity index (χ0n) is 16.3. The average Bonchev–Trinajstić information content (AvgIpc) is 2.67. The van der Waals surface area contributed by atoms with E-state index in [1.54, 1.807) is 7.11 Å². The van der Waals surface area contributed by atoms with Gasteiger partial charge in [-0.1, -0.05) is 0 Å². The third kappa shape index (κ3) is 9.16. The van der Waals surface area contributed by atoms with Gasteiger partial charge in [0.15, 0.2) is 5.96 Å². The molecule has 2 fully saturated rings. The summed E-state index contributed by atoms with van der Waals surface area (Å²) in [5.41, 5.74) is 0. The first kappa shape index (κ1) is 23.9. The van der Waals surface area contributed by atoms with Crippen LogP contribution in [0.15, 0.2) is 4.99 Å². The topological polar surface area (TPSA) is 64.6 Å². The fourth-order valence-corrected chi connectivity index (χ4v) is 3.23. The van der Waals surface area contributed by atoms with E-state index in [4.69, 9.17) is 18.9 Å². The predicted octanol–water partition coefficient (Wildman–Crippen LogP) is 1.89. The lowest BCUT2D eigenvalue weighted by molar-refractivity contribution is -0.0721. The van der Waals surface area contributed by atoms with Gasteiger partial charge in [0.25, 0.3) is 0 Å². The summed E-state index contributed by atoms with van der Waals surface area (Å²) in [6.07, 6.45) is 6.33. The molecule has 0 aliphatic carbocycles. The third-order valence-electron chi connectivity index (χ3n) is 4.71. The predicted molar refractivity (Wildman–Crippen MR) is 114 cm³/mol. The maximum Gasteiger partial charge on any atom is 0.193 e. The van der Waals surface area contributed by atoms with E-state index in [1.165, 1.54) is 12.8 Å². The van der Waals surface area contributed by atoms with Crippen molar-refractivity contribution in [2.75, 3.05) is 66.8 Å². The zero-order chi connectivity index (χ0) is 17.7. The summed E-state index contributed by atoms with van der Waals surface area (Å²) in [4.78, 5) is 6.68. The van der Waals surface area contributed by atoms with E-state index in [-0.39, 0.29) is 24.0 Å².